The Bertz CT molecular complexity index is 389. The van der Waals surface area contributed by atoms with Crippen molar-refractivity contribution in [2.75, 3.05) is 25.5 Å². The van der Waals surface area contributed by atoms with E-state index in [2.05, 4.69) is 46.8 Å². The molecule has 0 aliphatic rings. The van der Waals surface area contributed by atoms with Gasteiger partial charge in [-0.2, -0.15) is 0 Å². The SMILES string of the molecule is CCNC(=NCc1csc(N(C)C)n1)NC(C)C.I. The number of anilines is 1. The van der Waals surface area contributed by atoms with Gasteiger partial charge in [0.1, 0.15) is 0 Å². The summed E-state index contributed by atoms with van der Waals surface area (Å²) in [5.41, 5.74) is 1.00. The number of aliphatic imine (C=N–C) groups is 1. The molecule has 0 unspecified atom stereocenters. The van der Waals surface area contributed by atoms with Crippen LogP contribution in [0.4, 0.5) is 5.13 Å². The number of guanidine groups is 1. The van der Waals surface area contributed by atoms with E-state index in [0.717, 1.165) is 23.3 Å². The van der Waals surface area contributed by atoms with Crippen LogP contribution in [0.5, 0.6) is 0 Å². The van der Waals surface area contributed by atoms with Gasteiger partial charge in [0.15, 0.2) is 11.1 Å². The van der Waals surface area contributed by atoms with E-state index < -0.39 is 0 Å². The van der Waals surface area contributed by atoms with E-state index >= 15 is 0 Å². The van der Waals surface area contributed by atoms with Crippen LogP contribution < -0.4 is 15.5 Å². The van der Waals surface area contributed by atoms with E-state index in [1.165, 1.54) is 0 Å². The lowest BCUT2D eigenvalue weighted by Crippen LogP contribution is -2.41. The highest BCUT2D eigenvalue weighted by Gasteiger charge is 2.04. The smallest absolute Gasteiger partial charge is 0.191 e. The second-order valence-electron chi connectivity index (χ2n) is 4.51. The average Bonchev–Trinajstić information content (AvgIpc) is 2.74. The van der Waals surface area contributed by atoms with Crippen molar-refractivity contribution in [2.45, 2.75) is 33.4 Å². The molecule has 1 rings (SSSR count). The highest BCUT2D eigenvalue weighted by atomic mass is 127. The van der Waals surface area contributed by atoms with E-state index in [1.807, 2.05) is 19.0 Å². The van der Waals surface area contributed by atoms with Crippen LogP contribution in [0.25, 0.3) is 0 Å². The van der Waals surface area contributed by atoms with Gasteiger partial charge in [0.2, 0.25) is 0 Å². The summed E-state index contributed by atoms with van der Waals surface area (Å²) in [4.78, 5) is 11.0. The molecule has 1 aromatic heterocycles. The van der Waals surface area contributed by atoms with Gasteiger partial charge in [0, 0.05) is 32.1 Å². The minimum absolute atomic E-state index is 0. The fraction of sp³-hybridized carbons (Fsp3) is 0.667. The first-order chi connectivity index (χ1) is 8.52. The maximum atomic E-state index is 4.52. The molecule has 0 aliphatic carbocycles. The van der Waals surface area contributed by atoms with Gasteiger partial charge in [-0.25, -0.2) is 9.98 Å². The molecule has 110 valence electrons. The minimum Gasteiger partial charge on any atom is -0.357 e. The third-order valence-corrected chi connectivity index (χ3v) is 3.15. The molecule has 7 heteroatoms. The Labute approximate surface area is 136 Å². The molecular formula is C12H24IN5S. The average molecular weight is 397 g/mol. The first-order valence-electron chi connectivity index (χ1n) is 6.19. The zero-order valence-corrected chi connectivity index (χ0v) is 15.4. The molecule has 1 heterocycles. The summed E-state index contributed by atoms with van der Waals surface area (Å²) in [6.07, 6.45) is 0. The highest BCUT2D eigenvalue weighted by molar-refractivity contribution is 14.0. The molecule has 0 spiro atoms. The van der Waals surface area contributed by atoms with Crippen molar-refractivity contribution in [2.24, 2.45) is 4.99 Å². The summed E-state index contributed by atoms with van der Waals surface area (Å²) in [5, 5.41) is 9.57. The number of thiazole rings is 1. The predicted octanol–water partition coefficient (Wildman–Crippen LogP) is 2.29. The Morgan fingerprint density at radius 3 is 2.63 bits per heavy atom. The van der Waals surface area contributed by atoms with Crippen molar-refractivity contribution < 1.29 is 0 Å². The molecule has 1 aromatic rings. The van der Waals surface area contributed by atoms with Crippen molar-refractivity contribution in [1.29, 1.82) is 0 Å². The third-order valence-electron chi connectivity index (χ3n) is 2.09. The summed E-state index contributed by atoms with van der Waals surface area (Å²) in [7, 11) is 3.99. The maximum absolute atomic E-state index is 4.52. The lowest BCUT2D eigenvalue weighted by atomic mass is 10.4. The number of halogens is 1. The molecule has 0 amide bonds. The van der Waals surface area contributed by atoms with Crippen molar-refractivity contribution in [1.82, 2.24) is 15.6 Å². The Hall–Kier alpha value is -0.570. The molecule has 0 saturated heterocycles. The van der Waals surface area contributed by atoms with Crippen molar-refractivity contribution in [3.63, 3.8) is 0 Å². The standard InChI is InChI=1S/C12H23N5S.HI/c1-6-13-11(15-9(2)3)14-7-10-8-18-12(16-10)17(4)5;/h8-9H,6-7H2,1-5H3,(H2,13,14,15);1H. The van der Waals surface area contributed by atoms with Crippen molar-refractivity contribution >= 4 is 46.4 Å². The number of aromatic nitrogens is 1. The number of hydrogen-bond donors (Lipinski definition) is 2. The monoisotopic (exact) mass is 397 g/mol. The Balaban J connectivity index is 0.00000324. The van der Waals surface area contributed by atoms with E-state index in [1.54, 1.807) is 11.3 Å². The highest BCUT2D eigenvalue weighted by Crippen LogP contribution is 2.18. The predicted molar refractivity (Wildman–Crippen MR) is 94.9 cm³/mol. The lowest BCUT2D eigenvalue weighted by molar-refractivity contribution is 0.700. The van der Waals surface area contributed by atoms with Crippen LogP contribution in [0, 0.1) is 0 Å². The zero-order chi connectivity index (χ0) is 13.5. The molecule has 0 radical (unpaired) electrons. The normalized spacial score (nSPS) is 11.2. The molecule has 2 N–H and O–H groups in total. The number of rotatable bonds is 5. The van der Waals surface area contributed by atoms with Gasteiger partial charge in [0.25, 0.3) is 0 Å². The summed E-state index contributed by atoms with van der Waals surface area (Å²) < 4.78 is 0. The Morgan fingerprint density at radius 2 is 2.16 bits per heavy atom. The third kappa shape index (κ3) is 6.95. The van der Waals surface area contributed by atoms with E-state index in [-0.39, 0.29) is 24.0 Å². The summed E-state index contributed by atoms with van der Waals surface area (Å²) >= 11 is 1.64. The van der Waals surface area contributed by atoms with Crippen LogP contribution in [0.3, 0.4) is 0 Å². The first-order valence-corrected chi connectivity index (χ1v) is 7.07. The van der Waals surface area contributed by atoms with Crippen LogP contribution in [0.15, 0.2) is 10.4 Å². The fourth-order valence-corrected chi connectivity index (χ4v) is 2.08. The molecule has 0 atom stereocenters. The van der Waals surface area contributed by atoms with Gasteiger partial charge in [-0.05, 0) is 20.8 Å². The largest absolute Gasteiger partial charge is 0.357 e. The second kappa shape index (κ2) is 9.35. The first kappa shape index (κ1) is 18.4. The molecule has 0 fully saturated rings. The quantitative estimate of drug-likeness (QED) is 0.455. The summed E-state index contributed by atoms with van der Waals surface area (Å²) in [5.74, 6) is 0.840. The van der Waals surface area contributed by atoms with E-state index in [9.17, 15) is 0 Å². The molecule has 19 heavy (non-hydrogen) atoms. The Kier molecular flexibility index (Phi) is 9.07. The maximum Gasteiger partial charge on any atom is 0.191 e. The Morgan fingerprint density at radius 1 is 1.47 bits per heavy atom. The summed E-state index contributed by atoms with van der Waals surface area (Å²) in [6, 6.07) is 0.371. The van der Waals surface area contributed by atoms with Crippen LogP contribution in [-0.4, -0.2) is 37.6 Å². The lowest BCUT2D eigenvalue weighted by Gasteiger charge is -2.13. The number of nitrogens with zero attached hydrogens (tertiary/aromatic N) is 3. The van der Waals surface area contributed by atoms with Gasteiger partial charge in [0.05, 0.1) is 12.2 Å². The topological polar surface area (TPSA) is 52.6 Å². The molecule has 0 aromatic carbocycles. The minimum atomic E-state index is 0. The van der Waals surface area contributed by atoms with Crippen LogP contribution >= 0.6 is 35.3 Å². The molecule has 0 bridgehead atoms. The van der Waals surface area contributed by atoms with Gasteiger partial charge >= 0.3 is 0 Å². The van der Waals surface area contributed by atoms with Crippen LogP contribution in [0.2, 0.25) is 0 Å². The zero-order valence-electron chi connectivity index (χ0n) is 12.2. The van der Waals surface area contributed by atoms with Gasteiger partial charge in [-0.1, -0.05) is 0 Å². The second-order valence-corrected chi connectivity index (χ2v) is 5.35. The van der Waals surface area contributed by atoms with Crippen LogP contribution in [0.1, 0.15) is 26.5 Å². The van der Waals surface area contributed by atoms with Gasteiger partial charge < -0.3 is 15.5 Å². The van der Waals surface area contributed by atoms with E-state index in [0.29, 0.717) is 12.6 Å². The fourth-order valence-electron chi connectivity index (χ4n) is 1.33. The van der Waals surface area contributed by atoms with E-state index in [4.69, 9.17) is 0 Å². The van der Waals surface area contributed by atoms with Crippen molar-refractivity contribution in [3.05, 3.63) is 11.1 Å². The molecule has 5 nitrogen and oxygen atoms in total. The molecule has 0 saturated carbocycles. The number of nitrogens with one attached hydrogen (secondary N) is 2. The summed E-state index contributed by atoms with van der Waals surface area (Å²) in [6.45, 7) is 7.72. The molecular weight excluding hydrogens is 373 g/mol. The number of hydrogen-bond acceptors (Lipinski definition) is 4. The van der Waals surface area contributed by atoms with Crippen LogP contribution in [-0.2, 0) is 6.54 Å². The van der Waals surface area contributed by atoms with Gasteiger partial charge in [-0.3, -0.25) is 0 Å². The molecule has 0 aliphatic heterocycles. The van der Waals surface area contributed by atoms with Gasteiger partial charge in [-0.15, -0.1) is 35.3 Å². The van der Waals surface area contributed by atoms with Crippen molar-refractivity contribution in [3.8, 4) is 0 Å².